The van der Waals surface area contributed by atoms with E-state index in [-0.39, 0.29) is 11.9 Å². The minimum atomic E-state index is 0.0342. The fourth-order valence-electron chi connectivity index (χ4n) is 2.24. The molecule has 114 valence electrons. The molecule has 0 spiro atoms. The van der Waals surface area contributed by atoms with Gasteiger partial charge >= 0.3 is 0 Å². The molecule has 1 amide bonds. The Morgan fingerprint density at radius 2 is 2.18 bits per heavy atom. The summed E-state index contributed by atoms with van der Waals surface area (Å²) in [4.78, 5) is 20.9. The summed E-state index contributed by atoms with van der Waals surface area (Å²) >= 11 is 1.45. The van der Waals surface area contributed by atoms with E-state index in [2.05, 4.69) is 26.6 Å². The van der Waals surface area contributed by atoms with Crippen molar-refractivity contribution in [2.24, 2.45) is 0 Å². The minimum Gasteiger partial charge on any atom is -0.353 e. The Bertz CT molecular complexity index is 814. The van der Waals surface area contributed by atoms with Crippen LogP contribution in [0.2, 0.25) is 0 Å². The lowest BCUT2D eigenvalue weighted by Crippen LogP contribution is -2.33. The van der Waals surface area contributed by atoms with Crippen LogP contribution in [-0.4, -0.2) is 32.1 Å². The summed E-state index contributed by atoms with van der Waals surface area (Å²) in [5.74, 6) is 0.392. The van der Waals surface area contributed by atoms with Crippen molar-refractivity contribution in [3.05, 3.63) is 36.7 Å². The molecular weight excluding hydrogens is 296 g/mol. The molecule has 0 saturated carbocycles. The number of amides is 1. The van der Waals surface area contributed by atoms with Crippen LogP contribution >= 0.6 is 11.8 Å². The molecule has 3 rings (SSSR count). The topological polar surface area (TPSA) is 59.3 Å². The molecule has 3 aromatic heterocycles. The van der Waals surface area contributed by atoms with Crippen LogP contribution in [0.3, 0.4) is 0 Å². The van der Waals surface area contributed by atoms with Gasteiger partial charge in [0.15, 0.2) is 5.65 Å². The zero-order valence-corrected chi connectivity index (χ0v) is 13.4. The van der Waals surface area contributed by atoms with Gasteiger partial charge in [0, 0.05) is 18.4 Å². The number of carbonyl (C=O) groups is 1. The van der Waals surface area contributed by atoms with Crippen LogP contribution in [0.15, 0.2) is 41.7 Å². The summed E-state index contributed by atoms with van der Waals surface area (Å²) in [5.41, 5.74) is 2.66. The number of thioether (sulfide) groups is 1. The Labute approximate surface area is 133 Å². The number of rotatable bonds is 5. The van der Waals surface area contributed by atoms with E-state index in [1.54, 1.807) is 6.20 Å². The molecule has 6 heteroatoms. The molecule has 0 unspecified atom stereocenters. The standard InChI is InChI=1S/C16H18N4OS/c1-3-11(2)18-14(21)10-22-16-13-7-5-9-20(13)12-6-4-8-17-15(12)19-16/h4-9,11H,3,10H2,1-2H3,(H,18,21)/t11-/m1/s1. The maximum absolute atomic E-state index is 11.9. The quantitative estimate of drug-likeness (QED) is 0.736. The fourth-order valence-corrected chi connectivity index (χ4v) is 3.06. The SMILES string of the molecule is CC[C@@H](C)NC(=O)CSc1nc2ncccc2n2cccc12. The molecule has 0 radical (unpaired) electrons. The van der Waals surface area contributed by atoms with E-state index >= 15 is 0 Å². The van der Waals surface area contributed by atoms with Gasteiger partial charge in [-0.1, -0.05) is 18.7 Å². The lowest BCUT2D eigenvalue weighted by molar-refractivity contribution is -0.119. The third kappa shape index (κ3) is 2.92. The summed E-state index contributed by atoms with van der Waals surface area (Å²) in [6.07, 6.45) is 4.65. The van der Waals surface area contributed by atoms with Crippen LogP contribution in [0.4, 0.5) is 0 Å². The van der Waals surface area contributed by atoms with Crippen molar-refractivity contribution in [1.29, 1.82) is 0 Å². The van der Waals surface area contributed by atoms with Crippen molar-refractivity contribution in [1.82, 2.24) is 19.7 Å². The zero-order valence-electron chi connectivity index (χ0n) is 12.6. The molecule has 0 fully saturated rings. The summed E-state index contributed by atoms with van der Waals surface area (Å²) in [6, 6.07) is 8.08. The molecule has 3 heterocycles. The van der Waals surface area contributed by atoms with Crippen molar-refractivity contribution in [2.75, 3.05) is 5.75 Å². The van der Waals surface area contributed by atoms with Gasteiger partial charge in [0.25, 0.3) is 0 Å². The molecule has 22 heavy (non-hydrogen) atoms. The smallest absolute Gasteiger partial charge is 0.230 e. The van der Waals surface area contributed by atoms with Gasteiger partial charge in [-0.15, -0.1) is 0 Å². The second-order valence-corrected chi connectivity index (χ2v) is 6.16. The highest BCUT2D eigenvalue weighted by Crippen LogP contribution is 2.25. The molecule has 5 nitrogen and oxygen atoms in total. The Hall–Kier alpha value is -2.08. The third-order valence-electron chi connectivity index (χ3n) is 3.56. The van der Waals surface area contributed by atoms with E-state index in [1.807, 2.05) is 37.4 Å². The van der Waals surface area contributed by atoms with Gasteiger partial charge in [-0.2, -0.15) is 0 Å². The molecule has 0 aliphatic rings. The van der Waals surface area contributed by atoms with E-state index in [9.17, 15) is 4.79 Å². The van der Waals surface area contributed by atoms with E-state index in [0.717, 1.165) is 22.5 Å². The zero-order chi connectivity index (χ0) is 15.5. The highest BCUT2D eigenvalue weighted by atomic mass is 32.2. The second kappa shape index (κ2) is 6.36. The average molecular weight is 314 g/mol. The summed E-state index contributed by atoms with van der Waals surface area (Å²) in [5, 5.41) is 3.80. The van der Waals surface area contributed by atoms with E-state index < -0.39 is 0 Å². The van der Waals surface area contributed by atoms with Crippen molar-refractivity contribution in [3.63, 3.8) is 0 Å². The fraction of sp³-hybridized carbons (Fsp3) is 0.312. The lowest BCUT2D eigenvalue weighted by Gasteiger charge is -2.11. The van der Waals surface area contributed by atoms with Gasteiger partial charge in [0.05, 0.1) is 16.8 Å². The summed E-state index contributed by atoms with van der Waals surface area (Å²) in [6.45, 7) is 4.06. The van der Waals surface area contributed by atoms with Gasteiger partial charge in [0.2, 0.25) is 5.91 Å². The first kappa shape index (κ1) is 14.8. The predicted octanol–water partition coefficient (Wildman–Crippen LogP) is 2.89. The van der Waals surface area contributed by atoms with E-state index in [1.165, 1.54) is 11.8 Å². The Morgan fingerprint density at radius 3 is 3.00 bits per heavy atom. The lowest BCUT2D eigenvalue weighted by atomic mass is 10.3. The van der Waals surface area contributed by atoms with Gasteiger partial charge in [0.1, 0.15) is 5.03 Å². The Kier molecular flexibility index (Phi) is 4.29. The van der Waals surface area contributed by atoms with Crippen molar-refractivity contribution in [3.8, 4) is 0 Å². The molecule has 1 N–H and O–H groups in total. The van der Waals surface area contributed by atoms with E-state index in [0.29, 0.717) is 11.4 Å². The highest BCUT2D eigenvalue weighted by Gasteiger charge is 2.12. The Morgan fingerprint density at radius 1 is 1.36 bits per heavy atom. The van der Waals surface area contributed by atoms with Crippen LogP contribution in [-0.2, 0) is 4.79 Å². The number of pyridine rings is 1. The molecule has 3 aromatic rings. The largest absolute Gasteiger partial charge is 0.353 e. The van der Waals surface area contributed by atoms with Crippen LogP contribution in [0, 0.1) is 0 Å². The number of fused-ring (bicyclic) bond motifs is 3. The van der Waals surface area contributed by atoms with Crippen LogP contribution < -0.4 is 5.32 Å². The second-order valence-electron chi connectivity index (χ2n) is 5.19. The van der Waals surface area contributed by atoms with Crippen LogP contribution in [0.5, 0.6) is 0 Å². The number of nitrogens with one attached hydrogen (secondary N) is 1. The number of hydrogen-bond acceptors (Lipinski definition) is 4. The highest BCUT2D eigenvalue weighted by molar-refractivity contribution is 8.00. The number of nitrogens with zero attached hydrogens (tertiary/aromatic N) is 3. The van der Waals surface area contributed by atoms with Gasteiger partial charge < -0.3 is 9.72 Å². The van der Waals surface area contributed by atoms with Crippen molar-refractivity contribution < 1.29 is 4.79 Å². The normalized spacial score (nSPS) is 12.6. The first-order chi connectivity index (χ1) is 10.7. The van der Waals surface area contributed by atoms with Gasteiger partial charge in [-0.05, 0) is 37.6 Å². The average Bonchev–Trinajstić information content (AvgIpc) is 3.02. The molecular formula is C16H18N4OS. The molecule has 0 bridgehead atoms. The van der Waals surface area contributed by atoms with Gasteiger partial charge in [-0.25, -0.2) is 9.97 Å². The number of hydrogen-bond donors (Lipinski definition) is 1. The summed E-state index contributed by atoms with van der Waals surface area (Å²) in [7, 11) is 0. The van der Waals surface area contributed by atoms with Crippen molar-refractivity contribution in [2.45, 2.75) is 31.3 Å². The monoisotopic (exact) mass is 314 g/mol. The minimum absolute atomic E-state index is 0.0342. The number of carbonyl (C=O) groups excluding carboxylic acids is 1. The molecule has 0 aliphatic heterocycles. The van der Waals surface area contributed by atoms with Crippen molar-refractivity contribution >= 4 is 34.3 Å². The number of aromatic nitrogens is 3. The van der Waals surface area contributed by atoms with E-state index in [4.69, 9.17) is 0 Å². The molecule has 0 saturated heterocycles. The van der Waals surface area contributed by atoms with Crippen LogP contribution in [0.25, 0.3) is 16.7 Å². The van der Waals surface area contributed by atoms with Crippen LogP contribution in [0.1, 0.15) is 20.3 Å². The molecule has 1 atom stereocenters. The van der Waals surface area contributed by atoms with Gasteiger partial charge in [-0.3, -0.25) is 4.79 Å². The maximum Gasteiger partial charge on any atom is 0.230 e. The molecule has 0 aromatic carbocycles. The third-order valence-corrected chi connectivity index (χ3v) is 4.54. The predicted molar refractivity (Wildman–Crippen MR) is 89.1 cm³/mol. The molecule has 0 aliphatic carbocycles. The summed E-state index contributed by atoms with van der Waals surface area (Å²) < 4.78 is 2.06. The first-order valence-electron chi connectivity index (χ1n) is 7.33. The first-order valence-corrected chi connectivity index (χ1v) is 8.31. The maximum atomic E-state index is 11.9. The Balaban J connectivity index is 1.86.